The Kier molecular flexibility index (Phi) is 4.69. The standard InChI is InChI=1S/C21H30O6/c1-11-6-16-20(25,17(11)24)9-14(10-22)7-15-18(27-13(3)23)19(4,5)8-12(2)21(15,16)26/h6-7,12,15-16,18,22,25-26H,8-10H2,1-5H3/t12-,15+,16-,18?,20-,21-/m1/s1. The van der Waals surface area contributed by atoms with Gasteiger partial charge in [0.2, 0.25) is 0 Å². The van der Waals surface area contributed by atoms with Crippen molar-refractivity contribution in [3.63, 3.8) is 0 Å². The molecule has 150 valence electrons. The molecule has 0 heterocycles. The molecule has 1 fully saturated rings. The summed E-state index contributed by atoms with van der Waals surface area (Å²) in [6, 6.07) is 0. The Morgan fingerprint density at radius 2 is 1.93 bits per heavy atom. The monoisotopic (exact) mass is 378 g/mol. The summed E-state index contributed by atoms with van der Waals surface area (Å²) in [7, 11) is 0. The zero-order valence-corrected chi connectivity index (χ0v) is 16.7. The topological polar surface area (TPSA) is 104 Å². The van der Waals surface area contributed by atoms with Gasteiger partial charge in [-0.3, -0.25) is 9.59 Å². The maximum atomic E-state index is 12.8. The molecular weight excluding hydrogens is 348 g/mol. The minimum absolute atomic E-state index is 0.0421. The molecule has 6 nitrogen and oxygen atoms in total. The van der Waals surface area contributed by atoms with E-state index in [1.807, 2.05) is 20.8 Å². The molecule has 0 aliphatic heterocycles. The quantitative estimate of drug-likeness (QED) is 0.497. The number of hydrogen-bond acceptors (Lipinski definition) is 6. The predicted octanol–water partition coefficient (Wildman–Crippen LogP) is 1.53. The van der Waals surface area contributed by atoms with Crippen LogP contribution in [0.4, 0.5) is 0 Å². The van der Waals surface area contributed by atoms with Crippen molar-refractivity contribution in [3.05, 3.63) is 23.3 Å². The molecule has 0 amide bonds. The molecule has 0 aromatic carbocycles. The van der Waals surface area contributed by atoms with Crippen LogP contribution in [-0.2, 0) is 14.3 Å². The summed E-state index contributed by atoms with van der Waals surface area (Å²) in [5.74, 6) is -2.59. The predicted molar refractivity (Wildman–Crippen MR) is 98.5 cm³/mol. The molecule has 27 heavy (non-hydrogen) atoms. The lowest BCUT2D eigenvalue weighted by Crippen LogP contribution is -2.65. The molecule has 1 saturated carbocycles. The Labute approximate surface area is 159 Å². The van der Waals surface area contributed by atoms with Crippen LogP contribution in [0.2, 0.25) is 0 Å². The second kappa shape index (κ2) is 6.26. The first kappa shape index (κ1) is 20.2. The highest BCUT2D eigenvalue weighted by Gasteiger charge is 2.66. The lowest BCUT2D eigenvalue weighted by Gasteiger charge is -2.56. The molecule has 3 rings (SSSR count). The first-order valence-electron chi connectivity index (χ1n) is 9.53. The molecule has 0 saturated heterocycles. The summed E-state index contributed by atoms with van der Waals surface area (Å²) in [6.07, 6.45) is 3.26. The van der Waals surface area contributed by atoms with Gasteiger partial charge in [0.05, 0.1) is 12.2 Å². The van der Waals surface area contributed by atoms with E-state index in [1.165, 1.54) is 6.92 Å². The first-order valence-corrected chi connectivity index (χ1v) is 9.53. The average molecular weight is 378 g/mol. The van der Waals surface area contributed by atoms with E-state index in [0.717, 1.165) is 0 Å². The Hall–Kier alpha value is -1.50. The van der Waals surface area contributed by atoms with Crippen molar-refractivity contribution in [1.82, 2.24) is 0 Å². The van der Waals surface area contributed by atoms with E-state index in [4.69, 9.17) is 4.74 Å². The third-order valence-electron chi connectivity index (χ3n) is 6.84. The average Bonchev–Trinajstić information content (AvgIpc) is 2.72. The Morgan fingerprint density at radius 1 is 1.30 bits per heavy atom. The van der Waals surface area contributed by atoms with Crippen LogP contribution in [0.5, 0.6) is 0 Å². The Balaban J connectivity index is 2.23. The fraction of sp³-hybridized carbons (Fsp3) is 0.714. The van der Waals surface area contributed by atoms with E-state index in [0.29, 0.717) is 17.6 Å². The summed E-state index contributed by atoms with van der Waals surface area (Å²) in [4.78, 5) is 24.6. The number of ketones is 1. The largest absolute Gasteiger partial charge is 0.461 e. The first-order chi connectivity index (χ1) is 12.4. The van der Waals surface area contributed by atoms with Crippen LogP contribution in [0.1, 0.15) is 47.5 Å². The van der Waals surface area contributed by atoms with Crippen LogP contribution >= 0.6 is 0 Å². The molecule has 0 aromatic heterocycles. The van der Waals surface area contributed by atoms with Crippen LogP contribution in [0.15, 0.2) is 23.3 Å². The maximum absolute atomic E-state index is 12.8. The smallest absolute Gasteiger partial charge is 0.302 e. The zero-order chi connectivity index (χ0) is 20.4. The second-order valence-corrected chi connectivity index (χ2v) is 9.28. The molecule has 6 atom stereocenters. The third kappa shape index (κ3) is 2.80. The van der Waals surface area contributed by atoms with E-state index in [9.17, 15) is 24.9 Å². The van der Waals surface area contributed by atoms with Crippen molar-refractivity contribution in [2.75, 3.05) is 6.61 Å². The van der Waals surface area contributed by atoms with Crippen LogP contribution in [0.3, 0.4) is 0 Å². The fourth-order valence-electron chi connectivity index (χ4n) is 5.69. The highest BCUT2D eigenvalue weighted by molar-refractivity contribution is 6.04. The van der Waals surface area contributed by atoms with Crippen molar-refractivity contribution < 1.29 is 29.6 Å². The van der Waals surface area contributed by atoms with Gasteiger partial charge in [-0.05, 0) is 30.4 Å². The second-order valence-electron chi connectivity index (χ2n) is 9.28. The molecule has 0 aromatic rings. The van der Waals surface area contributed by atoms with Crippen LogP contribution in [-0.4, -0.2) is 51.0 Å². The van der Waals surface area contributed by atoms with Gasteiger partial charge < -0.3 is 20.1 Å². The molecule has 3 aliphatic carbocycles. The van der Waals surface area contributed by atoms with Crippen molar-refractivity contribution in [3.8, 4) is 0 Å². The molecule has 1 unspecified atom stereocenters. The van der Waals surface area contributed by atoms with Crippen LogP contribution in [0, 0.1) is 23.2 Å². The van der Waals surface area contributed by atoms with Crippen LogP contribution < -0.4 is 0 Å². The van der Waals surface area contributed by atoms with Crippen molar-refractivity contribution in [2.45, 2.75) is 64.8 Å². The van der Waals surface area contributed by atoms with E-state index in [2.05, 4.69) is 0 Å². The van der Waals surface area contributed by atoms with Crippen LogP contribution in [0.25, 0.3) is 0 Å². The Bertz CT molecular complexity index is 735. The number of ether oxygens (including phenoxy) is 1. The zero-order valence-electron chi connectivity index (χ0n) is 16.7. The number of Topliss-reactive ketones (excluding diaryl/α,β-unsaturated/α-hetero) is 1. The molecule has 3 N–H and O–H groups in total. The van der Waals surface area contributed by atoms with Gasteiger partial charge in [0.25, 0.3) is 0 Å². The minimum atomic E-state index is -1.79. The van der Waals surface area contributed by atoms with Gasteiger partial charge in [0, 0.05) is 30.6 Å². The molecule has 0 spiro atoms. The Morgan fingerprint density at radius 3 is 2.48 bits per heavy atom. The van der Waals surface area contributed by atoms with Gasteiger partial charge >= 0.3 is 5.97 Å². The number of rotatable bonds is 2. The number of aliphatic hydroxyl groups excluding tert-OH is 1. The summed E-state index contributed by atoms with van der Waals surface area (Å²) in [6.45, 7) is 8.51. The summed E-state index contributed by atoms with van der Waals surface area (Å²) < 4.78 is 5.66. The fourth-order valence-corrected chi connectivity index (χ4v) is 5.69. The van der Waals surface area contributed by atoms with Crippen molar-refractivity contribution in [2.24, 2.45) is 23.2 Å². The van der Waals surface area contributed by atoms with E-state index >= 15 is 0 Å². The highest BCUT2D eigenvalue weighted by atomic mass is 16.5. The molecule has 3 aliphatic rings. The molecule has 0 bridgehead atoms. The SMILES string of the molecule is CC(=O)OC1[C@@H]2C=C(CO)C[C@]3(O)C(=O)C(C)=C[C@H]3[C@@]2(O)[C@H](C)CC1(C)C. The highest BCUT2D eigenvalue weighted by Crippen LogP contribution is 2.58. The van der Waals surface area contributed by atoms with Gasteiger partial charge in [-0.1, -0.05) is 32.9 Å². The van der Waals surface area contributed by atoms with E-state index < -0.39 is 46.3 Å². The summed E-state index contributed by atoms with van der Waals surface area (Å²) >= 11 is 0. The molecule has 6 heteroatoms. The van der Waals surface area contributed by atoms with E-state index in [1.54, 1.807) is 19.1 Å². The van der Waals surface area contributed by atoms with Crippen molar-refractivity contribution >= 4 is 11.8 Å². The van der Waals surface area contributed by atoms with Gasteiger partial charge in [-0.15, -0.1) is 0 Å². The number of fused-ring (bicyclic) bond motifs is 3. The van der Waals surface area contributed by atoms with Gasteiger partial charge in [0.15, 0.2) is 5.78 Å². The van der Waals surface area contributed by atoms with Gasteiger partial charge in [-0.25, -0.2) is 0 Å². The lowest BCUT2D eigenvalue weighted by molar-refractivity contribution is -0.217. The normalized spacial score (nSPS) is 43.2. The maximum Gasteiger partial charge on any atom is 0.302 e. The number of hydrogen-bond donors (Lipinski definition) is 3. The van der Waals surface area contributed by atoms with Gasteiger partial charge in [-0.2, -0.15) is 0 Å². The van der Waals surface area contributed by atoms with Gasteiger partial charge in [0.1, 0.15) is 11.7 Å². The molecular formula is C21H30O6. The minimum Gasteiger partial charge on any atom is -0.461 e. The number of carbonyl (C=O) groups is 2. The lowest BCUT2D eigenvalue weighted by atomic mass is 9.53. The van der Waals surface area contributed by atoms with E-state index in [-0.39, 0.29) is 18.9 Å². The number of carbonyl (C=O) groups excluding carboxylic acids is 2. The summed E-state index contributed by atoms with van der Waals surface area (Å²) in [5, 5.41) is 33.1. The third-order valence-corrected chi connectivity index (χ3v) is 6.84. The number of esters is 1. The molecule has 0 radical (unpaired) electrons. The number of aliphatic hydroxyl groups is 3. The summed E-state index contributed by atoms with van der Waals surface area (Å²) in [5.41, 5.74) is -2.80. The van der Waals surface area contributed by atoms with Crippen molar-refractivity contribution in [1.29, 1.82) is 0 Å².